The number of hydrogen-bond acceptors (Lipinski definition) is 3. The lowest BCUT2D eigenvalue weighted by atomic mass is 10.1. The minimum Gasteiger partial charge on any atom is -0.351 e. The van der Waals surface area contributed by atoms with Crippen molar-refractivity contribution < 1.29 is 4.79 Å². The molecule has 16 heavy (non-hydrogen) atoms. The maximum Gasteiger partial charge on any atom is 0.267 e. The van der Waals surface area contributed by atoms with Crippen LogP contribution in [0, 0.1) is 0 Å². The molecule has 0 aliphatic carbocycles. The summed E-state index contributed by atoms with van der Waals surface area (Å²) in [6.07, 6.45) is 1.65. The van der Waals surface area contributed by atoms with E-state index in [1.807, 2.05) is 12.1 Å². The van der Waals surface area contributed by atoms with Gasteiger partial charge in [0.05, 0.1) is 5.69 Å². The number of anilines is 1. The number of nitrogens with zero attached hydrogens (tertiary/aromatic N) is 1. The van der Waals surface area contributed by atoms with Gasteiger partial charge in [-0.25, -0.2) is 0 Å². The quantitative estimate of drug-likeness (QED) is 0.774. The number of piperidine rings is 1. The Kier molecular flexibility index (Phi) is 3.41. The van der Waals surface area contributed by atoms with E-state index in [4.69, 9.17) is 11.6 Å². The van der Waals surface area contributed by atoms with E-state index in [2.05, 4.69) is 15.8 Å². The summed E-state index contributed by atoms with van der Waals surface area (Å²) >= 11 is 5.76. The normalized spacial score (nSPS) is 18.3. The second-order valence-corrected chi connectivity index (χ2v) is 3.97. The molecule has 1 heterocycles. The summed E-state index contributed by atoms with van der Waals surface area (Å²) in [5.41, 5.74) is 4.20. The van der Waals surface area contributed by atoms with Crippen LogP contribution in [0.3, 0.4) is 0 Å². The molecule has 0 saturated carbocycles. The van der Waals surface area contributed by atoms with E-state index in [0.29, 0.717) is 17.2 Å². The molecule has 0 aromatic heterocycles. The number of carbonyl (C=O) groups is 1. The van der Waals surface area contributed by atoms with Crippen LogP contribution >= 0.6 is 11.6 Å². The Balaban J connectivity index is 2.02. The van der Waals surface area contributed by atoms with Gasteiger partial charge in [0.1, 0.15) is 5.71 Å². The third-order valence-electron chi connectivity index (χ3n) is 2.30. The third-order valence-corrected chi connectivity index (χ3v) is 2.55. The molecule has 0 unspecified atom stereocenters. The summed E-state index contributed by atoms with van der Waals surface area (Å²) < 4.78 is 0. The lowest BCUT2D eigenvalue weighted by molar-refractivity contribution is -0.115. The molecule has 0 bridgehead atoms. The third kappa shape index (κ3) is 2.73. The SMILES string of the molecule is O=C1NCCC/C1=N/Nc1ccc(Cl)cc1. The van der Waals surface area contributed by atoms with E-state index in [1.165, 1.54) is 0 Å². The molecule has 2 rings (SSSR count). The predicted molar refractivity (Wildman–Crippen MR) is 64.8 cm³/mol. The maximum absolute atomic E-state index is 11.4. The number of hydrogen-bond donors (Lipinski definition) is 2. The van der Waals surface area contributed by atoms with E-state index in [-0.39, 0.29) is 5.91 Å². The second kappa shape index (κ2) is 4.99. The van der Waals surface area contributed by atoms with Crippen LogP contribution in [-0.4, -0.2) is 18.2 Å². The van der Waals surface area contributed by atoms with Gasteiger partial charge in [0, 0.05) is 11.6 Å². The van der Waals surface area contributed by atoms with Crippen molar-refractivity contribution in [2.75, 3.05) is 12.0 Å². The largest absolute Gasteiger partial charge is 0.351 e. The first kappa shape index (κ1) is 11.0. The van der Waals surface area contributed by atoms with Crippen LogP contribution in [0.5, 0.6) is 0 Å². The molecule has 1 aliphatic heterocycles. The number of amides is 1. The van der Waals surface area contributed by atoms with Crippen LogP contribution < -0.4 is 10.7 Å². The number of halogens is 1. The van der Waals surface area contributed by atoms with Gasteiger partial charge in [-0.15, -0.1) is 0 Å². The monoisotopic (exact) mass is 237 g/mol. The molecule has 1 fully saturated rings. The Bertz CT molecular complexity index is 414. The average Bonchev–Trinajstić information content (AvgIpc) is 2.30. The highest BCUT2D eigenvalue weighted by molar-refractivity contribution is 6.39. The summed E-state index contributed by atoms with van der Waals surface area (Å²) in [7, 11) is 0. The van der Waals surface area contributed by atoms with Gasteiger partial charge in [0.25, 0.3) is 5.91 Å². The van der Waals surface area contributed by atoms with Crippen LogP contribution in [-0.2, 0) is 4.79 Å². The first-order valence-electron chi connectivity index (χ1n) is 5.12. The Morgan fingerprint density at radius 3 is 2.75 bits per heavy atom. The van der Waals surface area contributed by atoms with Gasteiger partial charge >= 0.3 is 0 Å². The molecule has 2 N–H and O–H groups in total. The van der Waals surface area contributed by atoms with Gasteiger partial charge < -0.3 is 5.32 Å². The number of benzene rings is 1. The predicted octanol–water partition coefficient (Wildman–Crippen LogP) is 2.02. The molecule has 1 amide bonds. The van der Waals surface area contributed by atoms with Gasteiger partial charge in [0.2, 0.25) is 0 Å². The van der Waals surface area contributed by atoms with Crippen LogP contribution in [0.15, 0.2) is 29.4 Å². The van der Waals surface area contributed by atoms with E-state index < -0.39 is 0 Å². The fourth-order valence-corrected chi connectivity index (χ4v) is 1.56. The maximum atomic E-state index is 11.4. The van der Waals surface area contributed by atoms with E-state index in [0.717, 1.165) is 18.7 Å². The van der Waals surface area contributed by atoms with Crippen molar-refractivity contribution in [3.63, 3.8) is 0 Å². The molecule has 0 radical (unpaired) electrons. The first-order chi connectivity index (χ1) is 7.75. The molecule has 84 valence electrons. The highest BCUT2D eigenvalue weighted by Gasteiger charge is 2.15. The molecule has 4 nitrogen and oxygen atoms in total. The highest BCUT2D eigenvalue weighted by Crippen LogP contribution is 2.13. The number of nitrogens with one attached hydrogen (secondary N) is 2. The minimum atomic E-state index is -0.0901. The molecular weight excluding hydrogens is 226 g/mol. The summed E-state index contributed by atoms with van der Waals surface area (Å²) in [5, 5.41) is 7.50. The van der Waals surface area contributed by atoms with Crippen LogP contribution in [0.2, 0.25) is 5.02 Å². The first-order valence-corrected chi connectivity index (χ1v) is 5.50. The van der Waals surface area contributed by atoms with Crippen molar-refractivity contribution in [2.24, 2.45) is 5.10 Å². The molecule has 0 spiro atoms. The van der Waals surface area contributed by atoms with Gasteiger partial charge in [-0.3, -0.25) is 10.2 Å². The molecule has 5 heteroatoms. The zero-order valence-corrected chi connectivity index (χ0v) is 9.42. The summed E-state index contributed by atoms with van der Waals surface area (Å²) in [6, 6.07) is 7.16. The Labute approximate surface area is 98.7 Å². The number of rotatable bonds is 2. The highest BCUT2D eigenvalue weighted by atomic mass is 35.5. The van der Waals surface area contributed by atoms with Crippen LogP contribution in [0.4, 0.5) is 5.69 Å². The van der Waals surface area contributed by atoms with Gasteiger partial charge in [-0.2, -0.15) is 5.10 Å². The molecule has 1 aliphatic rings. The van der Waals surface area contributed by atoms with E-state index in [1.54, 1.807) is 12.1 Å². The minimum absolute atomic E-state index is 0.0901. The Morgan fingerprint density at radius 1 is 1.31 bits per heavy atom. The zero-order valence-electron chi connectivity index (χ0n) is 8.66. The van der Waals surface area contributed by atoms with Crippen molar-refractivity contribution in [3.8, 4) is 0 Å². The van der Waals surface area contributed by atoms with Gasteiger partial charge in [0.15, 0.2) is 0 Å². The molecule has 0 atom stereocenters. The zero-order chi connectivity index (χ0) is 11.4. The number of carbonyl (C=O) groups excluding carboxylic acids is 1. The second-order valence-electron chi connectivity index (χ2n) is 3.54. The summed E-state index contributed by atoms with van der Waals surface area (Å²) in [4.78, 5) is 11.4. The fraction of sp³-hybridized carbons (Fsp3) is 0.273. The molecule has 1 aromatic carbocycles. The van der Waals surface area contributed by atoms with Crippen molar-refractivity contribution in [2.45, 2.75) is 12.8 Å². The van der Waals surface area contributed by atoms with Crippen molar-refractivity contribution in [3.05, 3.63) is 29.3 Å². The van der Waals surface area contributed by atoms with Crippen molar-refractivity contribution in [1.29, 1.82) is 0 Å². The summed E-state index contributed by atoms with van der Waals surface area (Å²) in [6.45, 7) is 0.735. The standard InChI is InChI=1S/C11H12ClN3O/c12-8-3-5-9(6-4-8)14-15-10-2-1-7-13-11(10)16/h3-6,14H,1-2,7H2,(H,13,16)/b15-10-. The number of hydrazone groups is 1. The molecule has 1 saturated heterocycles. The topological polar surface area (TPSA) is 53.5 Å². The Hall–Kier alpha value is -1.55. The van der Waals surface area contributed by atoms with E-state index in [9.17, 15) is 4.79 Å². The fourth-order valence-electron chi connectivity index (χ4n) is 1.44. The smallest absolute Gasteiger partial charge is 0.267 e. The van der Waals surface area contributed by atoms with Gasteiger partial charge in [-0.05, 0) is 37.1 Å². The summed E-state index contributed by atoms with van der Waals surface area (Å²) in [5.74, 6) is -0.0901. The van der Waals surface area contributed by atoms with Crippen LogP contribution in [0.25, 0.3) is 0 Å². The van der Waals surface area contributed by atoms with Gasteiger partial charge in [-0.1, -0.05) is 11.6 Å². The Morgan fingerprint density at radius 2 is 2.06 bits per heavy atom. The molecular formula is C11H12ClN3O. The van der Waals surface area contributed by atoms with E-state index >= 15 is 0 Å². The lowest BCUT2D eigenvalue weighted by Gasteiger charge is -2.13. The molecule has 1 aromatic rings. The van der Waals surface area contributed by atoms with Crippen LogP contribution in [0.1, 0.15) is 12.8 Å². The average molecular weight is 238 g/mol. The van der Waals surface area contributed by atoms with Crippen molar-refractivity contribution in [1.82, 2.24) is 5.32 Å². The van der Waals surface area contributed by atoms with Crippen molar-refractivity contribution >= 4 is 28.9 Å². The lowest BCUT2D eigenvalue weighted by Crippen LogP contribution is -2.37.